The Bertz CT molecular complexity index is 802. The Morgan fingerprint density at radius 1 is 1.08 bits per heavy atom. The van der Waals surface area contributed by atoms with Gasteiger partial charge in [-0.3, -0.25) is 4.79 Å². The van der Waals surface area contributed by atoms with Crippen LogP contribution in [-0.4, -0.2) is 38.8 Å². The number of amides is 1. The summed E-state index contributed by atoms with van der Waals surface area (Å²) in [7, 11) is 0. The van der Waals surface area contributed by atoms with Crippen LogP contribution in [0.1, 0.15) is 17.5 Å². The Labute approximate surface area is 153 Å². The van der Waals surface area contributed by atoms with E-state index in [0.717, 1.165) is 44.1 Å². The van der Waals surface area contributed by atoms with Gasteiger partial charge >= 0.3 is 0 Å². The van der Waals surface area contributed by atoms with Crippen molar-refractivity contribution in [3.63, 3.8) is 0 Å². The van der Waals surface area contributed by atoms with Gasteiger partial charge in [0.1, 0.15) is 5.82 Å². The van der Waals surface area contributed by atoms with Gasteiger partial charge in [0.2, 0.25) is 5.91 Å². The van der Waals surface area contributed by atoms with E-state index in [-0.39, 0.29) is 11.7 Å². The zero-order valence-corrected chi connectivity index (χ0v) is 14.8. The van der Waals surface area contributed by atoms with E-state index >= 15 is 0 Å². The Hall–Kier alpha value is -2.40. The Morgan fingerprint density at radius 3 is 2.69 bits per heavy atom. The van der Waals surface area contributed by atoms with E-state index in [0.29, 0.717) is 24.9 Å². The monoisotopic (exact) mass is 354 g/mol. The number of fused-ring (bicyclic) bond motifs is 1. The average molecular weight is 354 g/mol. The molecule has 0 saturated carbocycles. The highest BCUT2D eigenvalue weighted by Gasteiger charge is 2.25. The lowest BCUT2D eigenvalue weighted by Gasteiger charge is -2.29. The lowest BCUT2D eigenvalue weighted by Crippen LogP contribution is -2.36. The number of rotatable bonds is 4. The molecule has 0 aromatic heterocycles. The van der Waals surface area contributed by atoms with Gasteiger partial charge in [-0.15, -0.1) is 0 Å². The summed E-state index contributed by atoms with van der Waals surface area (Å²) in [6.45, 7) is 3.93. The number of hydrogen-bond donors (Lipinski definition) is 0. The van der Waals surface area contributed by atoms with Gasteiger partial charge < -0.3 is 14.5 Å². The molecule has 2 aliphatic rings. The molecule has 1 amide bonds. The van der Waals surface area contributed by atoms with Crippen LogP contribution in [0.25, 0.3) is 0 Å². The van der Waals surface area contributed by atoms with Crippen LogP contribution in [0, 0.1) is 5.82 Å². The summed E-state index contributed by atoms with van der Waals surface area (Å²) in [5, 5.41) is 0. The average Bonchev–Trinajstić information content (AvgIpc) is 3.11. The molecule has 2 aromatic carbocycles. The summed E-state index contributed by atoms with van der Waals surface area (Å²) >= 11 is 0. The first kappa shape index (κ1) is 17.0. The molecule has 26 heavy (non-hydrogen) atoms. The molecule has 0 N–H and O–H groups in total. The van der Waals surface area contributed by atoms with Gasteiger partial charge in [-0.2, -0.15) is 0 Å². The Balaban J connectivity index is 1.47. The molecule has 4 nitrogen and oxygen atoms in total. The maximum absolute atomic E-state index is 13.8. The van der Waals surface area contributed by atoms with Crippen molar-refractivity contribution in [1.29, 1.82) is 0 Å². The number of hydrogen-bond acceptors (Lipinski definition) is 3. The Kier molecular flexibility index (Phi) is 4.89. The fourth-order valence-electron chi connectivity index (χ4n) is 3.72. The van der Waals surface area contributed by atoms with E-state index in [1.807, 2.05) is 11.0 Å². The summed E-state index contributed by atoms with van der Waals surface area (Å²) in [4.78, 5) is 16.9. The molecule has 0 bridgehead atoms. The zero-order chi connectivity index (χ0) is 17.9. The number of aryl methyl sites for hydroxylation is 1. The van der Waals surface area contributed by atoms with Crippen molar-refractivity contribution in [3.8, 4) is 0 Å². The third-order valence-electron chi connectivity index (χ3n) is 5.21. The van der Waals surface area contributed by atoms with Crippen molar-refractivity contribution in [2.45, 2.75) is 19.3 Å². The fraction of sp³-hybridized carbons (Fsp3) is 0.381. The number of carbonyl (C=O) groups is 1. The van der Waals surface area contributed by atoms with Crippen LogP contribution >= 0.6 is 0 Å². The van der Waals surface area contributed by atoms with Gasteiger partial charge in [0, 0.05) is 37.4 Å². The molecular formula is C21H23FN2O2. The van der Waals surface area contributed by atoms with Crippen molar-refractivity contribution >= 4 is 17.3 Å². The molecule has 0 spiro atoms. The van der Waals surface area contributed by atoms with Gasteiger partial charge in [-0.1, -0.05) is 24.3 Å². The summed E-state index contributed by atoms with van der Waals surface area (Å²) in [5.74, 6) is -0.178. The summed E-state index contributed by atoms with van der Waals surface area (Å²) < 4.78 is 19.2. The van der Waals surface area contributed by atoms with Crippen molar-refractivity contribution < 1.29 is 13.9 Å². The van der Waals surface area contributed by atoms with Crippen LogP contribution in [0.4, 0.5) is 15.8 Å². The molecule has 136 valence electrons. The summed E-state index contributed by atoms with van der Waals surface area (Å²) in [5.41, 5.74) is 3.96. The van der Waals surface area contributed by atoms with Crippen LogP contribution < -0.4 is 9.80 Å². The highest BCUT2D eigenvalue weighted by atomic mass is 19.1. The largest absolute Gasteiger partial charge is 0.378 e. The van der Waals surface area contributed by atoms with Crippen LogP contribution in [0.15, 0.2) is 42.5 Å². The first-order valence-electron chi connectivity index (χ1n) is 9.22. The predicted molar refractivity (Wildman–Crippen MR) is 100 cm³/mol. The van der Waals surface area contributed by atoms with E-state index in [1.165, 1.54) is 11.6 Å². The van der Waals surface area contributed by atoms with Crippen LogP contribution in [0.2, 0.25) is 0 Å². The molecule has 1 saturated heterocycles. The SMILES string of the molecule is O=C(CCc1ccccc1F)N1CCc2ccc(N3CCOCC3)cc21. The van der Waals surface area contributed by atoms with Crippen LogP contribution in [0.3, 0.4) is 0 Å². The van der Waals surface area contributed by atoms with E-state index in [4.69, 9.17) is 4.74 Å². The molecule has 2 heterocycles. The van der Waals surface area contributed by atoms with E-state index in [9.17, 15) is 9.18 Å². The second kappa shape index (κ2) is 7.46. The maximum atomic E-state index is 13.8. The molecule has 0 radical (unpaired) electrons. The minimum atomic E-state index is -0.239. The molecule has 0 unspecified atom stereocenters. The number of carbonyl (C=O) groups excluding carboxylic acids is 1. The van der Waals surface area contributed by atoms with E-state index in [1.54, 1.807) is 12.1 Å². The predicted octanol–water partition coefficient (Wildman–Crippen LogP) is 3.18. The lowest BCUT2D eigenvalue weighted by molar-refractivity contribution is -0.118. The van der Waals surface area contributed by atoms with Crippen molar-refractivity contribution in [3.05, 3.63) is 59.4 Å². The number of nitrogens with zero attached hydrogens (tertiary/aromatic N) is 2. The third kappa shape index (κ3) is 3.44. The minimum absolute atomic E-state index is 0.0612. The number of morpholine rings is 1. The number of benzene rings is 2. The van der Waals surface area contributed by atoms with Crippen molar-refractivity contribution in [2.75, 3.05) is 42.6 Å². The van der Waals surface area contributed by atoms with Crippen LogP contribution in [-0.2, 0) is 22.4 Å². The molecule has 4 rings (SSSR count). The number of anilines is 2. The van der Waals surface area contributed by atoms with E-state index in [2.05, 4.69) is 23.1 Å². The first-order valence-corrected chi connectivity index (χ1v) is 9.22. The molecule has 2 aromatic rings. The lowest BCUT2D eigenvalue weighted by atomic mass is 10.1. The van der Waals surface area contributed by atoms with E-state index < -0.39 is 0 Å². The van der Waals surface area contributed by atoms with Crippen molar-refractivity contribution in [2.24, 2.45) is 0 Å². The fourth-order valence-corrected chi connectivity index (χ4v) is 3.72. The van der Waals surface area contributed by atoms with Gasteiger partial charge in [0.15, 0.2) is 0 Å². The van der Waals surface area contributed by atoms with Crippen molar-refractivity contribution in [1.82, 2.24) is 0 Å². The molecule has 1 fully saturated rings. The van der Waals surface area contributed by atoms with Gasteiger partial charge in [0.25, 0.3) is 0 Å². The maximum Gasteiger partial charge on any atom is 0.227 e. The van der Waals surface area contributed by atoms with Gasteiger partial charge in [0.05, 0.1) is 13.2 Å². The Morgan fingerprint density at radius 2 is 1.88 bits per heavy atom. The third-order valence-corrected chi connectivity index (χ3v) is 5.21. The summed E-state index contributed by atoms with van der Waals surface area (Å²) in [6, 6.07) is 13.1. The molecule has 0 aliphatic carbocycles. The topological polar surface area (TPSA) is 32.8 Å². The molecular weight excluding hydrogens is 331 g/mol. The number of halogens is 1. The highest BCUT2D eigenvalue weighted by Crippen LogP contribution is 2.33. The second-order valence-electron chi connectivity index (χ2n) is 6.80. The minimum Gasteiger partial charge on any atom is -0.378 e. The zero-order valence-electron chi connectivity index (χ0n) is 14.8. The smallest absolute Gasteiger partial charge is 0.227 e. The second-order valence-corrected chi connectivity index (χ2v) is 6.80. The van der Waals surface area contributed by atoms with Gasteiger partial charge in [-0.25, -0.2) is 4.39 Å². The molecule has 2 aliphatic heterocycles. The number of ether oxygens (including phenoxy) is 1. The quantitative estimate of drug-likeness (QED) is 0.845. The van der Waals surface area contributed by atoms with Crippen LogP contribution in [0.5, 0.6) is 0 Å². The normalized spacial score (nSPS) is 16.7. The molecule has 5 heteroatoms. The molecule has 0 atom stereocenters. The summed E-state index contributed by atoms with van der Waals surface area (Å²) in [6.07, 6.45) is 1.63. The standard InChI is InChI=1S/C21H23FN2O2/c22-19-4-2-1-3-16(19)6-8-21(25)24-10-9-17-5-7-18(15-20(17)24)23-11-13-26-14-12-23/h1-5,7,15H,6,8-14H2. The highest BCUT2D eigenvalue weighted by molar-refractivity contribution is 5.96. The first-order chi connectivity index (χ1) is 12.7. The van der Waals surface area contributed by atoms with Gasteiger partial charge in [-0.05, 0) is 42.2 Å².